The van der Waals surface area contributed by atoms with Crippen LogP contribution in [-0.4, -0.2) is 26.4 Å². The lowest BCUT2D eigenvalue weighted by atomic mass is 9.95. The first-order valence-corrected chi connectivity index (χ1v) is 8.87. The average Bonchev–Trinajstić information content (AvgIpc) is 2.81. The van der Waals surface area contributed by atoms with E-state index in [9.17, 15) is 0 Å². The molecule has 8 heteroatoms. The fraction of sp³-hybridized carbons (Fsp3) is 0.500. The second-order valence-electron chi connectivity index (χ2n) is 5.25. The zero-order chi connectivity index (χ0) is 14.9. The van der Waals surface area contributed by atoms with Gasteiger partial charge in [-0.25, -0.2) is 9.97 Å². The summed E-state index contributed by atoms with van der Waals surface area (Å²) in [6.45, 7) is 8.15. The van der Waals surface area contributed by atoms with Crippen molar-refractivity contribution in [2.24, 2.45) is 0 Å². The molecule has 2 aromatic heterocycles. The Balaban J connectivity index is 2.37. The van der Waals surface area contributed by atoms with Crippen LogP contribution in [-0.2, 0) is 5.41 Å². The first-order valence-electron chi connectivity index (χ1n) is 6.01. The third-order valence-corrected chi connectivity index (χ3v) is 5.60. The summed E-state index contributed by atoms with van der Waals surface area (Å²) in [5, 5.41) is 9.10. The first-order chi connectivity index (χ1) is 9.31. The van der Waals surface area contributed by atoms with E-state index in [2.05, 4.69) is 40.9 Å². The number of anilines is 1. The minimum atomic E-state index is -0.136. The molecule has 0 aliphatic rings. The molecule has 0 unspecified atom stereocenters. The van der Waals surface area contributed by atoms with E-state index in [-0.39, 0.29) is 5.41 Å². The summed E-state index contributed by atoms with van der Waals surface area (Å²) in [5.74, 6) is 1.28. The molecular weight excluding hydrogens is 310 g/mol. The third kappa shape index (κ3) is 3.42. The van der Waals surface area contributed by atoms with Crippen molar-refractivity contribution in [3.05, 3.63) is 11.4 Å². The van der Waals surface area contributed by atoms with Crippen LogP contribution in [0.1, 0.15) is 32.2 Å². The maximum atomic E-state index is 6.00. The highest BCUT2D eigenvalue weighted by molar-refractivity contribution is 8.03. The molecule has 108 valence electrons. The maximum absolute atomic E-state index is 6.00. The van der Waals surface area contributed by atoms with E-state index in [4.69, 9.17) is 5.73 Å². The van der Waals surface area contributed by atoms with Crippen LogP contribution < -0.4 is 5.73 Å². The van der Waals surface area contributed by atoms with Crippen LogP contribution in [0.3, 0.4) is 0 Å². The Morgan fingerprint density at radius 3 is 2.30 bits per heavy atom. The maximum Gasteiger partial charge on any atom is 0.181 e. The molecule has 2 rings (SSSR count). The van der Waals surface area contributed by atoms with E-state index in [0.717, 1.165) is 25.1 Å². The predicted octanol–water partition coefficient (Wildman–Crippen LogP) is 3.39. The van der Waals surface area contributed by atoms with Crippen LogP contribution in [0.5, 0.6) is 0 Å². The van der Waals surface area contributed by atoms with E-state index in [1.807, 2.05) is 13.2 Å². The molecule has 0 radical (unpaired) electrons. The van der Waals surface area contributed by atoms with E-state index in [1.54, 1.807) is 23.1 Å². The van der Waals surface area contributed by atoms with Gasteiger partial charge < -0.3 is 5.73 Å². The molecule has 0 fully saturated rings. The van der Waals surface area contributed by atoms with Gasteiger partial charge in [-0.15, -0.1) is 10.2 Å². The van der Waals surface area contributed by atoms with Crippen LogP contribution in [0.25, 0.3) is 0 Å². The molecule has 5 nitrogen and oxygen atoms in total. The number of thioether (sulfide) groups is 1. The SMILES string of the molecule is CSc1nnc(Sc2nc(C(C)(C)C)nc(N)c2C)s1. The van der Waals surface area contributed by atoms with Crippen LogP contribution in [0.2, 0.25) is 0 Å². The molecule has 0 bridgehead atoms. The van der Waals surface area contributed by atoms with Crippen molar-refractivity contribution in [1.29, 1.82) is 0 Å². The highest BCUT2D eigenvalue weighted by Gasteiger charge is 2.21. The van der Waals surface area contributed by atoms with Gasteiger partial charge in [0.1, 0.15) is 16.7 Å². The van der Waals surface area contributed by atoms with Crippen molar-refractivity contribution in [3.63, 3.8) is 0 Å². The number of hydrogen-bond acceptors (Lipinski definition) is 8. The molecule has 0 saturated heterocycles. The van der Waals surface area contributed by atoms with Gasteiger partial charge in [-0.2, -0.15) is 0 Å². The zero-order valence-electron chi connectivity index (χ0n) is 12.1. The molecule has 0 saturated carbocycles. The van der Waals surface area contributed by atoms with Crippen LogP contribution in [0.4, 0.5) is 5.82 Å². The molecular formula is C12H17N5S3. The van der Waals surface area contributed by atoms with Crippen molar-refractivity contribution >= 4 is 40.7 Å². The highest BCUT2D eigenvalue weighted by atomic mass is 32.2. The summed E-state index contributed by atoms with van der Waals surface area (Å²) in [7, 11) is 0. The molecule has 0 spiro atoms. The molecule has 0 aromatic carbocycles. The van der Waals surface area contributed by atoms with Gasteiger partial charge in [0, 0.05) is 11.0 Å². The van der Waals surface area contributed by atoms with Crippen molar-refractivity contribution in [2.45, 2.75) is 46.8 Å². The summed E-state index contributed by atoms with van der Waals surface area (Å²) >= 11 is 4.64. The normalized spacial score (nSPS) is 11.8. The van der Waals surface area contributed by atoms with Crippen molar-refractivity contribution in [3.8, 4) is 0 Å². The quantitative estimate of drug-likeness (QED) is 0.684. The van der Waals surface area contributed by atoms with Gasteiger partial charge in [0.05, 0.1) is 0 Å². The highest BCUT2D eigenvalue weighted by Crippen LogP contribution is 2.35. The largest absolute Gasteiger partial charge is 0.383 e. The topological polar surface area (TPSA) is 77.6 Å². The molecule has 2 N–H and O–H groups in total. The molecule has 2 heterocycles. The Hall–Kier alpha value is -0.860. The number of aromatic nitrogens is 4. The van der Waals surface area contributed by atoms with Crippen LogP contribution in [0, 0.1) is 6.92 Å². The molecule has 0 atom stereocenters. The standard InChI is InChI=1S/C12H17N5S3/c1-6-7(13)14-9(12(2,3)4)15-8(6)19-11-17-16-10(18-5)20-11/h1-5H3,(H2,13,14,15). The molecule has 0 aliphatic heterocycles. The average molecular weight is 328 g/mol. The number of hydrogen-bond donors (Lipinski definition) is 1. The predicted molar refractivity (Wildman–Crippen MR) is 85.7 cm³/mol. The molecule has 0 amide bonds. The number of nitrogens with two attached hydrogens (primary N) is 1. The Kier molecular flexibility index (Phi) is 4.55. The minimum absolute atomic E-state index is 0.136. The summed E-state index contributed by atoms with van der Waals surface area (Å²) in [4.78, 5) is 9.02. The Morgan fingerprint density at radius 1 is 1.10 bits per heavy atom. The summed E-state index contributed by atoms with van der Waals surface area (Å²) < 4.78 is 1.82. The molecule has 0 aliphatic carbocycles. The van der Waals surface area contributed by atoms with Gasteiger partial charge in [0.15, 0.2) is 8.68 Å². The summed E-state index contributed by atoms with van der Waals surface area (Å²) in [6.07, 6.45) is 1.99. The summed E-state index contributed by atoms with van der Waals surface area (Å²) in [5.41, 5.74) is 6.76. The minimum Gasteiger partial charge on any atom is -0.383 e. The first kappa shape index (κ1) is 15.5. The number of nitrogen functional groups attached to an aromatic ring is 1. The fourth-order valence-electron chi connectivity index (χ4n) is 1.35. The fourth-order valence-corrected chi connectivity index (χ4v) is 3.79. The lowest BCUT2D eigenvalue weighted by Gasteiger charge is -2.18. The van der Waals surface area contributed by atoms with Crippen molar-refractivity contribution in [2.75, 3.05) is 12.0 Å². The Bertz CT molecular complexity index is 618. The van der Waals surface area contributed by atoms with Crippen LogP contribution >= 0.6 is 34.9 Å². The van der Waals surface area contributed by atoms with Gasteiger partial charge in [0.2, 0.25) is 0 Å². The lowest BCUT2D eigenvalue weighted by molar-refractivity contribution is 0.538. The van der Waals surface area contributed by atoms with Gasteiger partial charge in [0.25, 0.3) is 0 Å². The summed E-state index contributed by atoms with van der Waals surface area (Å²) in [6, 6.07) is 0. The van der Waals surface area contributed by atoms with E-state index < -0.39 is 0 Å². The smallest absolute Gasteiger partial charge is 0.181 e. The van der Waals surface area contributed by atoms with Gasteiger partial charge >= 0.3 is 0 Å². The van der Waals surface area contributed by atoms with Gasteiger partial charge in [-0.1, -0.05) is 43.9 Å². The van der Waals surface area contributed by atoms with Crippen LogP contribution in [0.15, 0.2) is 13.7 Å². The van der Waals surface area contributed by atoms with Gasteiger partial charge in [-0.05, 0) is 24.9 Å². The van der Waals surface area contributed by atoms with E-state index in [1.165, 1.54) is 11.8 Å². The number of nitrogens with zero attached hydrogens (tertiary/aromatic N) is 4. The Morgan fingerprint density at radius 2 is 1.75 bits per heavy atom. The van der Waals surface area contributed by atoms with Gasteiger partial charge in [-0.3, -0.25) is 0 Å². The monoisotopic (exact) mass is 327 g/mol. The van der Waals surface area contributed by atoms with E-state index >= 15 is 0 Å². The second-order valence-corrected chi connectivity index (χ2v) is 8.52. The van der Waals surface area contributed by atoms with E-state index in [0.29, 0.717) is 5.82 Å². The third-order valence-electron chi connectivity index (χ3n) is 2.56. The second kappa shape index (κ2) is 5.87. The van der Waals surface area contributed by atoms with Crippen molar-refractivity contribution < 1.29 is 0 Å². The zero-order valence-corrected chi connectivity index (χ0v) is 14.5. The molecule has 2 aromatic rings. The Labute approximate surface area is 131 Å². The molecule has 20 heavy (non-hydrogen) atoms. The van der Waals surface area contributed by atoms with Crippen molar-refractivity contribution in [1.82, 2.24) is 20.2 Å². The number of rotatable bonds is 3. The lowest BCUT2D eigenvalue weighted by Crippen LogP contribution is -2.18.